The molecule has 0 aliphatic heterocycles. The van der Waals surface area contributed by atoms with Crippen molar-refractivity contribution in [3.8, 4) is 0 Å². The second kappa shape index (κ2) is 8.22. The van der Waals surface area contributed by atoms with Gasteiger partial charge < -0.3 is 5.32 Å². The average molecular weight is 384 g/mol. The first-order chi connectivity index (χ1) is 12.2. The highest BCUT2D eigenvalue weighted by molar-refractivity contribution is 8.00. The van der Waals surface area contributed by atoms with Crippen LogP contribution in [0.25, 0.3) is 0 Å². The molecular weight excluding hydrogens is 369 g/mol. The Bertz CT molecular complexity index is 812. The predicted octanol–water partition coefficient (Wildman–Crippen LogP) is 5.05. The predicted molar refractivity (Wildman–Crippen MR) is 94.0 cm³/mol. The van der Waals surface area contributed by atoms with Crippen molar-refractivity contribution < 1.29 is 22.9 Å². The number of hydrogen-bond acceptors (Lipinski definition) is 4. The van der Waals surface area contributed by atoms with Gasteiger partial charge in [-0.25, -0.2) is 0 Å². The van der Waals surface area contributed by atoms with Gasteiger partial charge in [-0.2, -0.15) is 13.2 Å². The molecule has 0 aromatic heterocycles. The largest absolute Gasteiger partial charge is 0.418 e. The van der Waals surface area contributed by atoms with E-state index in [1.54, 1.807) is 19.1 Å². The van der Waals surface area contributed by atoms with Gasteiger partial charge in [0.2, 0.25) is 5.91 Å². The molecule has 2 rings (SSSR count). The number of thioether (sulfide) groups is 1. The maximum absolute atomic E-state index is 12.9. The molecule has 1 amide bonds. The molecule has 0 aliphatic rings. The van der Waals surface area contributed by atoms with Gasteiger partial charge in [0, 0.05) is 17.4 Å². The Labute approximate surface area is 151 Å². The molecule has 9 heteroatoms. The molecular formula is C17H15F3N2O3S. The zero-order valence-corrected chi connectivity index (χ0v) is 14.4. The highest BCUT2D eigenvalue weighted by Gasteiger charge is 2.33. The van der Waals surface area contributed by atoms with Crippen molar-refractivity contribution in [3.05, 3.63) is 69.8 Å². The second-order valence-electron chi connectivity index (χ2n) is 5.40. The van der Waals surface area contributed by atoms with E-state index < -0.39 is 22.6 Å². The number of benzene rings is 2. The molecule has 0 heterocycles. The second-order valence-corrected chi connectivity index (χ2v) is 6.73. The Hall–Kier alpha value is -2.55. The summed E-state index contributed by atoms with van der Waals surface area (Å²) in [5.74, 6) is -0.667. The number of nitrogens with zero attached hydrogens (tertiary/aromatic N) is 1. The number of carbonyl (C=O) groups is 1. The van der Waals surface area contributed by atoms with E-state index in [9.17, 15) is 28.1 Å². The number of alkyl halides is 3. The number of halogens is 3. The lowest BCUT2D eigenvalue weighted by atomic mass is 10.1. The first kappa shape index (κ1) is 19.8. The highest BCUT2D eigenvalue weighted by atomic mass is 32.2. The number of hydrogen-bond donors (Lipinski definition) is 1. The van der Waals surface area contributed by atoms with E-state index in [2.05, 4.69) is 5.32 Å². The van der Waals surface area contributed by atoms with E-state index >= 15 is 0 Å². The molecule has 0 spiro atoms. The van der Waals surface area contributed by atoms with E-state index in [1.165, 1.54) is 42.1 Å². The minimum absolute atomic E-state index is 0.0569. The molecule has 1 N–H and O–H groups in total. The molecule has 26 heavy (non-hydrogen) atoms. The van der Waals surface area contributed by atoms with Gasteiger partial charge >= 0.3 is 6.18 Å². The van der Waals surface area contributed by atoms with Gasteiger partial charge in [-0.3, -0.25) is 14.9 Å². The van der Waals surface area contributed by atoms with Gasteiger partial charge in [0.15, 0.2) is 0 Å². The van der Waals surface area contributed by atoms with Crippen LogP contribution < -0.4 is 5.32 Å². The molecule has 0 bridgehead atoms. The molecule has 1 atom stereocenters. The molecule has 0 saturated carbocycles. The maximum Gasteiger partial charge on any atom is 0.418 e. The number of rotatable bonds is 6. The van der Waals surface area contributed by atoms with Crippen LogP contribution in [0.1, 0.15) is 23.3 Å². The van der Waals surface area contributed by atoms with E-state index in [-0.39, 0.29) is 22.4 Å². The Morgan fingerprint density at radius 3 is 2.58 bits per heavy atom. The van der Waals surface area contributed by atoms with Crippen molar-refractivity contribution in [3.63, 3.8) is 0 Å². The minimum atomic E-state index is -4.56. The van der Waals surface area contributed by atoms with Crippen molar-refractivity contribution in [2.45, 2.75) is 18.3 Å². The lowest BCUT2D eigenvalue weighted by Gasteiger charge is -2.15. The van der Waals surface area contributed by atoms with Crippen LogP contribution >= 0.6 is 11.8 Å². The van der Waals surface area contributed by atoms with Crippen LogP contribution in [0.3, 0.4) is 0 Å². The molecule has 138 valence electrons. The quantitative estimate of drug-likeness (QED) is 0.559. The molecule has 0 radical (unpaired) electrons. The molecule has 2 aromatic rings. The lowest BCUT2D eigenvalue weighted by molar-refractivity contribution is -0.384. The molecule has 2 aromatic carbocycles. The first-order valence-corrected chi connectivity index (χ1v) is 8.55. The van der Waals surface area contributed by atoms with Gasteiger partial charge in [0.1, 0.15) is 0 Å². The van der Waals surface area contributed by atoms with Crippen molar-refractivity contribution in [1.29, 1.82) is 0 Å². The van der Waals surface area contributed by atoms with Crippen LogP contribution in [0.2, 0.25) is 0 Å². The molecule has 0 fully saturated rings. The Morgan fingerprint density at radius 1 is 1.23 bits per heavy atom. The lowest BCUT2D eigenvalue weighted by Crippen LogP contribution is -2.18. The van der Waals surface area contributed by atoms with E-state index in [1.807, 2.05) is 0 Å². The standard InChI is InChI=1S/C17H15F3N2O3S/c1-11(12-5-4-6-13(9-12)22(24)25)26-10-16(23)21-15-8-3-2-7-14(15)17(18,19)20/h2-9,11H,10H2,1H3,(H,21,23)/t11-/m0/s1. The van der Waals surface area contributed by atoms with Crippen LogP contribution in [0.4, 0.5) is 24.5 Å². The van der Waals surface area contributed by atoms with E-state index in [4.69, 9.17) is 0 Å². The van der Waals surface area contributed by atoms with Crippen molar-refractivity contribution >= 4 is 29.0 Å². The van der Waals surface area contributed by atoms with Gasteiger partial charge in [0.25, 0.3) is 5.69 Å². The van der Waals surface area contributed by atoms with E-state index in [0.717, 1.165) is 6.07 Å². The monoisotopic (exact) mass is 384 g/mol. The van der Waals surface area contributed by atoms with E-state index in [0.29, 0.717) is 5.56 Å². The fourth-order valence-electron chi connectivity index (χ4n) is 2.21. The Balaban J connectivity index is 1.99. The minimum Gasteiger partial charge on any atom is -0.325 e. The zero-order chi connectivity index (χ0) is 19.3. The number of nitro benzene ring substituents is 1. The van der Waals surface area contributed by atoms with Crippen LogP contribution in [0.5, 0.6) is 0 Å². The summed E-state index contributed by atoms with van der Waals surface area (Å²) in [7, 11) is 0. The fraction of sp³-hybridized carbons (Fsp3) is 0.235. The van der Waals surface area contributed by atoms with Crippen LogP contribution in [0, 0.1) is 10.1 Å². The SMILES string of the molecule is C[C@H](SCC(=O)Nc1ccccc1C(F)(F)F)c1cccc([N+](=O)[O-])c1. The normalized spacial score (nSPS) is 12.5. The topological polar surface area (TPSA) is 72.2 Å². The third kappa shape index (κ3) is 5.22. The molecule has 0 aliphatic carbocycles. The highest BCUT2D eigenvalue weighted by Crippen LogP contribution is 2.35. The summed E-state index contributed by atoms with van der Waals surface area (Å²) in [6.07, 6.45) is -4.56. The number of anilines is 1. The summed E-state index contributed by atoms with van der Waals surface area (Å²) in [6.45, 7) is 1.76. The van der Waals surface area contributed by atoms with Crippen LogP contribution in [-0.2, 0) is 11.0 Å². The summed E-state index contributed by atoms with van der Waals surface area (Å²) in [4.78, 5) is 22.3. The fourth-order valence-corrected chi connectivity index (χ4v) is 3.03. The molecule has 0 saturated heterocycles. The van der Waals surface area contributed by atoms with Crippen LogP contribution in [-0.4, -0.2) is 16.6 Å². The number of amides is 1. The number of nitrogens with one attached hydrogen (secondary N) is 1. The summed E-state index contributed by atoms with van der Waals surface area (Å²) >= 11 is 1.17. The van der Waals surface area contributed by atoms with Gasteiger partial charge in [-0.15, -0.1) is 11.8 Å². The summed E-state index contributed by atoms with van der Waals surface area (Å²) in [5.41, 5.74) is -0.607. The van der Waals surface area contributed by atoms with Crippen molar-refractivity contribution in [2.75, 3.05) is 11.1 Å². The third-order valence-electron chi connectivity index (χ3n) is 3.52. The Kier molecular flexibility index (Phi) is 6.25. The maximum atomic E-state index is 12.9. The third-order valence-corrected chi connectivity index (χ3v) is 4.72. The first-order valence-electron chi connectivity index (χ1n) is 7.50. The number of non-ortho nitro benzene ring substituents is 1. The van der Waals surface area contributed by atoms with Crippen LogP contribution in [0.15, 0.2) is 48.5 Å². The average Bonchev–Trinajstić information content (AvgIpc) is 2.59. The summed E-state index contributed by atoms with van der Waals surface area (Å²) in [5, 5.41) is 12.8. The van der Waals surface area contributed by atoms with Gasteiger partial charge in [-0.1, -0.05) is 24.3 Å². The van der Waals surface area contributed by atoms with Gasteiger partial charge in [-0.05, 0) is 24.6 Å². The number of nitro groups is 1. The smallest absolute Gasteiger partial charge is 0.325 e. The van der Waals surface area contributed by atoms with Crippen molar-refractivity contribution in [1.82, 2.24) is 0 Å². The summed E-state index contributed by atoms with van der Waals surface area (Å²) < 4.78 is 38.8. The van der Waals surface area contributed by atoms with Crippen molar-refractivity contribution in [2.24, 2.45) is 0 Å². The zero-order valence-electron chi connectivity index (χ0n) is 13.6. The Morgan fingerprint density at radius 2 is 1.92 bits per heavy atom. The van der Waals surface area contributed by atoms with Gasteiger partial charge in [0.05, 0.1) is 21.9 Å². The number of para-hydroxylation sites is 1. The molecule has 5 nitrogen and oxygen atoms in total. The molecule has 0 unspecified atom stereocenters. The number of carbonyl (C=O) groups excluding carboxylic acids is 1. The summed E-state index contributed by atoms with van der Waals surface area (Å²) in [6, 6.07) is 10.8.